The highest BCUT2D eigenvalue weighted by Gasteiger charge is 2.30. The highest BCUT2D eigenvalue weighted by atomic mass is 16.5. The van der Waals surface area contributed by atoms with Gasteiger partial charge in [-0.05, 0) is 31.5 Å². The number of rotatable bonds is 2. The molecule has 108 valence electrons. The number of fused-ring (bicyclic) bond motifs is 1. The minimum atomic E-state index is -0.165. The predicted octanol–water partition coefficient (Wildman–Crippen LogP) is 2.92. The van der Waals surface area contributed by atoms with Crippen LogP contribution in [0.15, 0.2) is 42.5 Å². The zero-order chi connectivity index (χ0) is 14.8. The van der Waals surface area contributed by atoms with Gasteiger partial charge in [-0.15, -0.1) is 0 Å². The molecule has 4 heteroatoms. The smallest absolute Gasteiger partial charge is 0.235 e. The Morgan fingerprint density at radius 2 is 2.05 bits per heavy atom. The maximum Gasteiger partial charge on any atom is 0.235 e. The normalized spacial score (nSPS) is 16.8. The van der Waals surface area contributed by atoms with Gasteiger partial charge in [0.15, 0.2) is 0 Å². The molecular formula is C17H18N2O2. The Hall–Kier alpha value is -2.36. The molecule has 1 aliphatic heterocycles. The average Bonchev–Trinajstić information content (AvgIpc) is 2.53. The third kappa shape index (κ3) is 2.61. The fourth-order valence-corrected chi connectivity index (χ4v) is 2.66. The van der Waals surface area contributed by atoms with Crippen LogP contribution < -0.4 is 9.64 Å². The lowest BCUT2D eigenvalue weighted by molar-refractivity contribution is -0.120. The topological polar surface area (TPSA) is 42.4 Å². The van der Waals surface area contributed by atoms with Gasteiger partial charge in [0.05, 0.1) is 12.5 Å². The number of hydrogen-bond donors (Lipinski definition) is 0. The highest BCUT2D eigenvalue weighted by molar-refractivity contribution is 5.97. The largest absolute Gasteiger partial charge is 0.493 e. The minimum absolute atomic E-state index is 0.0591. The van der Waals surface area contributed by atoms with Crippen LogP contribution >= 0.6 is 0 Å². The summed E-state index contributed by atoms with van der Waals surface area (Å²) in [5.74, 6) is 1.39. The van der Waals surface area contributed by atoms with E-state index >= 15 is 0 Å². The zero-order valence-corrected chi connectivity index (χ0v) is 12.2. The number of carbonyl (C=O) groups excluding carboxylic acids is 1. The lowest BCUT2D eigenvalue weighted by Crippen LogP contribution is -2.34. The average molecular weight is 282 g/mol. The van der Waals surface area contributed by atoms with E-state index in [1.165, 1.54) is 0 Å². The van der Waals surface area contributed by atoms with Crippen molar-refractivity contribution < 1.29 is 9.53 Å². The Bertz CT molecular complexity index is 669. The molecule has 3 rings (SSSR count). The Morgan fingerprint density at radius 1 is 1.24 bits per heavy atom. The number of pyridine rings is 1. The maximum atomic E-state index is 12.8. The SMILES string of the molecule is Cc1cccc(N(C)C(=O)C2CCOc3ccccc32)n1. The lowest BCUT2D eigenvalue weighted by Gasteiger charge is -2.28. The molecule has 1 amide bonds. The van der Waals surface area contributed by atoms with Crippen molar-refractivity contribution in [3.63, 3.8) is 0 Å². The summed E-state index contributed by atoms with van der Waals surface area (Å²) >= 11 is 0. The fourth-order valence-electron chi connectivity index (χ4n) is 2.66. The summed E-state index contributed by atoms with van der Waals surface area (Å²) in [6.45, 7) is 2.49. The van der Waals surface area contributed by atoms with Crippen LogP contribution in [0, 0.1) is 6.92 Å². The minimum Gasteiger partial charge on any atom is -0.493 e. The van der Waals surface area contributed by atoms with Gasteiger partial charge in [0.2, 0.25) is 5.91 Å². The molecule has 1 aromatic heterocycles. The van der Waals surface area contributed by atoms with E-state index in [-0.39, 0.29) is 11.8 Å². The third-order valence-electron chi connectivity index (χ3n) is 3.80. The first-order chi connectivity index (χ1) is 10.2. The third-order valence-corrected chi connectivity index (χ3v) is 3.80. The molecule has 1 aromatic carbocycles. The molecule has 2 heterocycles. The predicted molar refractivity (Wildman–Crippen MR) is 81.7 cm³/mol. The Morgan fingerprint density at radius 3 is 2.86 bits per heavy atom. The number of likely N-dealkylation sites (N-methyl/N-ethyl adjacent to an activating group) is 1. The summed E-state index contributed by atoms with van der Waals surface area (Å²) < 4.78 is 5.62. The van der Waals surface area contributed by atoms with Crippen LogP contribution in [0.25, 0.3) is 0 Å². The van der Waals surface area contributed by atoms with Gasteiger partial charge < -0.3 is 4.74 Å². The summed E-state index contributed by atoms with van der Waals surface area (Å²) in [6.07, 6.45) is 0.700. The first-order valence-corrected chi connectivity index (χ1v) is 7.10. The van der Waals surface area contributed by atoms with E-state index in [2.05, 4.69) is 4.98 Å². The van der Waals surface area contributed by atoms with Crippen LogP contribution in [0.3, 0.4) is 0 Å². The summed E-state index contributed by atoms with van der Waals surface area (Å²) in [5, 5.41) is 0. The van der Waals surface area contributed by atoms with E-state index in [9.17, 15) is 4.79 Å². The van der Waals surface area contributed by atoms with Gasteiger partial charge in [0, 0.05) is 18.3 Å². The summed E-state index contributed by atoms with van der Waals surface area (Å²) in [5.41, 5.74) is 1.87. The Labute approximate surface area is 124 Å². The molecule has 4 nitrogen and oxygen atoms in total. The van der Waals surface area contributed by atoms with Crippen molar-refractivity contribution in [1.29, 1.82) is 0 Å². The molecule has 0 aliphatic carbocycles. The van der Waals surface area contributed by atoms with Crippen LogP contribution in [0.1, 0.15) is 23.6 Å². The molecule has 0 bridgehead atoms. The number of aryl methyl sites for hydroxylation is 1. The molecular weight excluding hydrogens is 264 g/mol. The monoisotopic (exact) mass is 282 g/mol. The lowest BCUT2D eigenvalue weighted by atomic mass is 9.92. The second-order valence-electron chi connectivity index (χ2n) is 5.26. The molecule has 0 saturated carbocycles. The molecule has 0 saturated heterocycles. The van der Waals surface area contributed by atoms with E-state index in [1.54, 1.807) is 11.9 Å². The maximum absolute atomic E-state index is 12.8. The van der Waals surface area contributed by atoms with Crippen molar-refractivity contribution in [1.82, 2.24) is 4.98 Å². The van der Waals surface area contributed by atoms with Crippen LogP contribution in [0.2, 0.25) is 0 Å². The summed E-state index contributed by atoms with van der Waals surface area (Å²) in [6, 6.07) is 13.4. The van der Waals surface area contributed by atoms with Gasteiger partial charge in [-0.3, -0.25) is 9.69 Å². The van der Waals surface area contributed by atoms with Gasteiger partial charge in [0.25, 0.3) is 0 Å². The summed E-state index contributed by atoms with van der Waals surface area (Å²) in [7, 11) is 1.78. The highest BCUT2D eigenvalue weighted by Crippen LogP contribution is 2.34. The van der Waals surface area contributed by atoms with Gasteiger partial charge in [-0.2, -0.15) is 0 Å². The van der Waals surface area contributed by atoms with Gasteiger partial charge >= 0.3 is 0 Å². The standard InChI is InChI=1S/C17H18N2O2/c1-12-6-5-9-16(18-12)19(2)17(20)14-10-11-21-15-8-4-3-7-13(14)15/h3-9,14H,10-11H2,1-2H3. The number of amides is 1. The number of benzene rings is 1. The molecule has 1 unspecified atom stereocenters. The molecule has 21 heavy (non-hydrogen) atoms. The number of anilines is 1. The number of para-hydroxylation sites is 1. The first kappa shape index (κ1) is 13.6. The Balaban J connectivity index is 1.89. The molecule has 0 spiro atoms. The van der Waals surface area contributed by atoms with Crippen LogP contribution in [0.5, 0.6) is 5.75 Å². The van der Waals surface area contributed by atoms with Crippen molar-refractivity contribution in [2.24, 2.45) is 0 Å². The molecule has 0 N–H and O–H groups in total. The second-order valence-corrected chi connectivity index (χ2v) is 5.26. The van der Waals surface area contributed by atoms with Crippen LogP contribution in [-0.2, 0) is 4.79 Å². The van der Waals surface area contributed by atoms with E-state index in [1.807, 2.05) is 49.4 Å². The molecule has 1 atom stereocenters. The van der Waals surface area contributed by atoms with Crippen LogP contribution in [0.4, 0.5) is 5.82 Å². The number of carbonyl (C=O) groups is 1. The molecule has 0 radical (unpaired) electrons. The molecule has 1 aliphatic rings. The van der Waals surface area contributed by atoms with E-state index in [0.717, 1.165) is 17.0 Å². The van der Waals surface area contributed by atoms with Gasteiger partial charge in [-0.25, -0.2) is 4.98 Å². The quantitative estimate of drug-likeness (QED) is 0.850. The number of aromatic nitrogens is 1. The van der Waals surface area contributed by atoms with Crippen molar-refractivity contribution in [2.45, 2.75) is 19.3 Å². The van der Waals surface area contributed by atoms with Gasteiger partial charge in [-0.1, -0.05) is 24.3 Å². The zero-order valence-electron chi connectivity index (χ0n) is 12.2. The second kappa shape index (κ2) is 5.56. The van der Waals surface area contributed by atoms with Crippen molar-refractivity contribution in [2.75, 3.05) is 18.6 Å². The fraction of sp³-hybridized carbons (Fsp3) is 0.294. The van der Waals surface area contributed by atoms with E-state index in [0.29, 0.717) is 18.8 Å². The Kier molecular flexibility index (Phi) is 3.60. The van der Waals surface area contributed by atoms with Crippen LogP contribution in [-0.4, -0.2) is 24.5 Å². The van der Waals surface area contributed by atoms with Crippen molar-refractivity contribution in [3.8, 4) is 5.75 Å². The number of nitrogens with zero attached hydrogens (tertiary/aromatic N) is 2. The van der Waals surface area contributed by atoms with Crippen molar-refractivity contribution in [3.05, 3.63) is 53.7 Å². The number of hydrogen-bond acceptors (Lipinski definition) is 3. The molecule has 0 fully saturated rings. The van der Waals surface area contributed by atoms with E-state index in [4.69, 9.17) is 4.74 Å². The summed E-state index contributed by atoms with van der Waals surface area (Å²) in [4.78, 5) is 18.9. The number of ether oxygens (including phenoxy) is 1. The van der Waals surface area contributed by atoms with Crippen molar-refractivity contribution >= 4 is 11.7 Å². The molecule has 2 aromatic rings. The van der Waals surface area contributed by atoms with E-state index < -0.39 is 0 Å². The first-order valence-electron chi connectivity index (χ1n) is 7.10. The van der Waals surface area contributed by atoms with Gasteiger partial charge in [0.1, 0.15) is 11.6 Å².